The average molecular weight is 371 g/mol. The average Bonchev–Trinajstić information content (AvgIpc) is 2.44. The molecule has 2 aromatic rings. The van der Waals surface area contributed by atoms with Crippen LogP contribution in [0.4, 0.5) is 5.69 Å². The molecular formula is C15H13BrClNOS. The number of anilines is 1. The summed E-state index contributed by atoms with van der Waals surface area (Å²) < 4.78 is 0.981. The van der Waals surface area contributed by atoms with E-state index in [2.05, 4.69) is 21.2 Å². The highest BCUT2D eigenvalue weighted by Crippen LogP contribution is 2.30. The van der Waals surface area contributed by atoms with Crippen LogP contribution in [-0.2, 0) is 4.79 Å². The summed E-state index contributed by atoms with van der Waals surface area (Å²) in [7, 11) is 0. The van der Waals surface area contributed by atoms with Gasteiger partial charge in [-0.1, -0.05) is 39.7 Å². The SMILES string of the molecule is C[C@@H](Sc1ccccc1Cl)C(=O)Nc1ccc(Br)cc1. The van der Waals surface area contributed by atoms with E-state index in [1.807, 2.05) is 55.5 Å². The summed E-state index contributed by atoms with van der Waals surface area (Å²) in [5.74, 6) is -0.0442. The number of rotatable bonds is 4. The number of halogens is 2. The van der Waals surface area contributed by atoms with Crippen LogP contribution in [0.2, 0.25) is 5.02 Å². The lowest BCUT2D eigenvalue weighted by Crippen LogP contribution is -2.22. The zero-order valence-electron chi connectivity index (χ0n) is 10.8. The van der Waals surface area contributed by atoms with Crippen LogP contribution in [0.5, 0.6) is 0 Å². The molecule has 2 rings (SSSR count). The van der Waals surface area contributed by atoms with Crippen molar-refractivity contribution in [2.24, 2.45) is 0 Å². The molecule has 5 heteroatoms. The first-order valence-corrected chi connectivity index (χ1v) is 8.09. The Hall–Kier alpha value is -0.970. The lowest BCUT2D eigenvalue weighted by Gasteiger charge is -2.12. The van der Waals surface area contributed by atoms with Crippen LogP contribution in [0.3, 0.4) is 0 Å². The van der Waals surface area contributed by atoms with Crippen LogP contribution in [0.25, 0.3) is 0 Å². The van der Waals surface area contributed by atoms with Crippen molar-refractivity contribution in [3.8, 4) is 0 Å². The topological polar surface area (TPSA) is 29.1 Å². The molecular weight excluding hydrogens is 358 g/mol. The molecule has 2 aromatic carbocycles. The number of nitrogens with one attached hydrogen (secondary N) is 1. The Morgan fingerprint density at radius 3 is 2.50 bits per heavy atom. The highest BCUT2D eigenvalue weighted by atomic mass is 79.9. The van der Waals surface area contributed by atoms with E-state index in [0.29, 0.717) is 5.02 Å². The van der Waals surface area contributed by atoms with E-state index in [0.717, 1.165) is 15.1 Å². The monoisotopic (exact) mass is 369 g/mol. The van der Waals surface area contributed by atoms with Crippen LogP contribution < -0.4 is 5.32 Å². The van der Waals surface area contributed by atoms with E-state index >= 15 is 0 Å². The van der Waals surface area contributed by atoms with Crippen LogP contribution >= 0.6 is 39.3 Å². The van der Waals surface area contributed by atoms with Crippen molar-refractivity contribution >= 4 is 50.9 Å². The van der Waals surface area contributed by atoms with Crippen molar-refractivity contribution < 1.29 is 4.79 Å². The molecule has 0 fully saturated rings. The van der Waals surface area contributed by atoms with Crippen molar-refractivity contribution in [1.29, 1.82) is 0 Å². The molecule has 0 saturated heterocycles. The number of hydrogen-bond acceptors (Lipinski definition) is 2. The molecule has 1 atom stereocenters. The molecule has 0 aliphatic heterocycles. The van der Waals surface area contributed by atoms with Gasteiger partial charge >= 0.3 is 0 Å². The summed E-state index contributed by atoms with van der Waals surface area (Å²) in [6.45, 7) is 1.86. The normalized spacial score (nSPS) is 11.9. The molecule has 0 aliphatic rings. The quantitative estimate of drug-likeness (QED) is 0.747. The van der Waals surface area contributed by atoms with E-state index in [-0.39, 0.29) is 11.2 Å². The summed E-state index contributed by atoms with van der Waals surface area (Å²) in [5, 5.41) is 3.33. The Labute approximate surface area is 136 Å². The molecule has 0 radical (unpaired) electrons. The molecule has 0 saturated carbocycles. The van der Waals surface area contributed by atoms with Crippen molar-refractivity contribution in [2.45, 2.75) is 17.1 Å². The van der Waals surface area contributed by atoms with Gasteiger partial charge in [-0.15, -0.1) is 11.8 Å². The number of carbonyl (C=O) groups excluding carboxylic acids is 1. The van der Waals surface area contributed by atoms with E-state index in [9.17, 15) is 4.79 Å². The second-order valence-electron chi connectivity index (χ2n) is 4.19. The van der Waals surface area contributed by atoms with Gasteiger partial charge in [0, 0.05) is 15.1 Å². The van der Waals surface area contributed by atoms with Gasteiger partial charge in [0.2, 0.25) is 5.91 Å². The van der Waals surface area contributed by atoms with Crippen LogP contribution in [0.15, 0.2) is 57.9 Å². The Morgan fingerprint density at radius 2 is 1.85 bits per heavy atom. The first kappa shape index (κ1) is 15.4. The molecule has 0 heterocycles. The number of thioether (sulfide) groups is 1. The molecule has 104 valence electrons. The van der Waals surface area contributed by atoms with E-state index < -0.39 is 0 Å². The van der Waals surface area contributed by atoms with Crippen molar-refractivity contribution in [2.75, 3.05) is 5.32 Å². The van der Waals surface area contributed by atoms with Gasteiger partial charge in [-0.05, 0) is 43.3 Å². The summed E-state index contributed by atoms with van der Waals surface area (Å²) in [6.07, 6.45) is 0. The number of carbonyl (C=O) groups is 1. The summed E-state index contributed by atoms with van der Waals surface area (Å²) in [5.41, 5.74) is 0.782. The highest BCUT2D eigenvalue weighted by Gasteiger charge is 2.15. The van der Waals surface area contributed by atoms with Gasteiger partial charge in [0.05, 0.1) is 10.3 Å². The van der Waals surface area contributed by atoms with Gasteiger partial charge in [-0.2, -0.15) is 0 Å². The third-order valence-corrected chi connectivity index (χ3v) is 4.77. The Kier molecular flexibility index (Phi) is 5.52. The molecule has 0 aromatic heterocycles. The van der Waals surface area contributed by atoms with E-state index in [1.165, 1.54) is 11.8 Å². The van der Waals surface area contributed by atoms with Gasteiger partial charge < -0.3 is 5.32 Å². The van der Waals surface area contributed by atoms with Crippen LogP contribution in [0.1, 0.15) is 6.92 Å². The lowest BCUT2D eigenvalue weighted by atomic mass is 10.3. The molecule has 0 spiro atoms. The largest absolute Gasteiger partial charge is 0.325 e. The second kappa shape index (κ2) is 7.16. The first-order valence-electron chi connectivity index (χ1n) is 6.04. The molecule has 0 aliphatic carbocycles. The maximum atomic E-state index is 12.1. The third kappa shape index (κ3) is 4.27. The minimum Gasteiger partial charge on any atom is -0.325 e. The molecule has 0 unspecified atom stereocenters. The fourth-order valence-corrected chi connectivity index (χ4v) is 2.98. The zero-order chi connectivity index (χ0) is 14.5. The fraction of sp³-hybridized carbons (Fsp3) is 0.133. The number of benzene rings is 2. The smallest absolute Gasteiger partial charge is 0.237 e. The second-order valence-corrected chi connectivity index (χ2v) is 6.89. The van der Waals surface area contributed by atoms with Crippen molar-refractivity contribution in [1.82, 2.24) is 0 Å². The first-order chi connectivity index (χ1) is 9.56. The molecule has 1 N–H and O–H groups in total. The third-order valence-electron chi connectivity index (χ3n) is 2.62. The fourth-order valence-electron chi connectivity index (χ4n) is 1.56. The summed E-state index contributed by atoms with van der Waals surface area (Å²) in [6, 6.07) is 15.0. The number of amides is 1. The van der Waals surface area contributed by atoms with Gasteiger partial charge in [0.25, 0.3) is 0 Å². The molecule has 1 amide bonds. The van der Waals surface area contributed by atoms with Crippen molar-refractivity contribution in [3.05, 3.63) is 58.0 Å². The minimum absolute atomic E-state index is 0.0442. The molecule has 0 bridgehead atoms. The van der Waals surface area contributed by atoms with Gasteiger partial charge in [0.1, 0.15) is 0 Å². The standard InChI is InChI=1S/C15H13BrClNOS/c1-10(20-14-5-3-2-4-13(14)17)15(19)18-12-8-6-11(16)7-9-12/h2-10H,1H3,(H,18,19)/t10-/m1/s1. The number of hydrogen-bond donors (Lipinski definition) is 1. The predicted octanol–water partition coefficient (Wildman–Crippen LogP) is 5.22. The van der Waals surface area contributed by atoms with Crippen molar-refractivity contribution in [3.63, 3.8) is 0 Å². The van der Waals surface area contributed by atoms with Gasteiger partial charge in [-0.25, -0.2) is 0 Å². The Bertz CT molecular complexity index is 603. The van der Waals surface area contributed by atoms with Gasteiger partial charge in [-0.3, -0.25) is 4.79 Å². The zero-order valence-corrected chi connectivity index (χ0v) is 13.9. The Balaban J connectivity index is 1.99. The lowest BCUT2D eigenvalue weighted by molar-refractivity contribution is -0.115. The highest BCUT2D eigenvalue weighted by molar-refractivity contribution is 9.10. The molecule has 20 heavy (non-hydrogen) atoms. The Morgan fingerprint density at radius 1 is 1.20 bits per heavy atom. The minimum atomic E-state index is -0.224. The van der Waals surface area contributed by atoms with Crippen LogP contribution in [0, 0.1) is 0 Å². The maximum absolute atomic E-state index is 12.1. The van der Waals surface area contributed by atoms with Crippen LogP contribution in [-0.4, -0.2) is 11.2 Å². The summed E-state index contributed by atoms with van der Waals surface area (Å²) >= 11 is 10.9. The van der Waals surface area contributed by atoms with Gasteiger partial charge in [0.15, 0.2) is 0 Å². The maximum Gasteiger partial charge on any atom is 0.237 e. The summed E-state index contributed by atoms with van der Waals surface area (Å²) in [4.78, 5) is 13.0. The molecule has 2 nitrogen and oxygen atoms in total. The predicted molar refractivity (Wildman–Crippen MR) is 89.5 cm³/mol. The van der Waals surface area contributed by atoms with E-state index in [1.54, 1.807) is 0 Å². The van der Waals surface area contributed by atoms with E-state index in [4.69, 9.17) is 11.6 Å².